The molecule has 0 spiro atoms. The van der Waals surface area contributed by atoms with Gasteiger partial charge in [0.25, 0.3) is 0 Å². The molecule has 1 N–H and O–H groups in total. The van der Waals surface area contributed by atoms with Gasteiger partial charge in [-0.1, -0.05) is 71.0 Å². The van der Waals surface area contributed by atoms with E-state index >= 15 is 0 Å². The van der Waals surface area contributed by atoms with E-state index in [0.717, 1.165) is 18.6 Å². The van der Waals surface area contributed by atoms with E-state index in [4.69, 9.17) is 14.6 Å². The summed E-state index contributed by atoms with van der Waals surface area (Å²) in [5.41, 5.74) is 23.0. The summed E-state index contributed by atoms with van der Waals surface area (Å²) in [5, 5.41) is 7.00. The molecule has 0 fully saturated rings. The number of aliphatic hydroxyl groups excluding tert-OH is 1. The minimum Gasteiger partial charge on any atom is -0.496 e. The Balaban J connectivity index is -0.000000201. The van der Waals surface area contributed by atoms with Crippen LogP contribution in [0.15, 0.2) is 30.3 Å². The van der Waals surface area contributed by atoms with Gasteiger partial charge in [0.15, 0.2) is 0 Å². The van der Waals surface area contributed by atoms with Crippen LogP contribution in [0, 0.1) is 111 Å². The summed E-state index contributed by atoms with van der Waals surface area (Å²) in [4.78, 5) is 0. The normalized spacial score (nSPS) is 9.10. The van der Waals surface area contributed by atoms with Crippen molar-refractivity contribution < 1.29 is 47.3 Å². The van der Waals surface area contributed by atoms with Crippen molar-refractivity contribution in [1.82, 2.24) is 0 Å². The van der Waals surface area contributed by atoms with Gasteiger partial charge in [-0.05, 0) is 193 Å². The van der Waals surface area contributed by atoms with E-state index in [2.05, 4.69) is 148 Å². The molecule has 293 valence electrons. The summed E-state index contributed by atoms with van der Waals surface area (Å²) in [6.45, 7) is 36.8. The number of aliphatic hydroxyl groups is 1. The van der Waals surface area contributed by atoms with E-state index in [1.165, 1.54) is 101 Å². The zero-order chi connectivity index (χ0) is 37.6. The molecule has 0 saturated heterocycles. The Morgan fingerprint density at radius 3 is 0.981 bits per heavy atom. The number of methoxy groups -OCH3 is 2. The number of hydrogen-bond donors (Lipinski definition) is 1. The minimum atomic E-state index is 0. The third-order valence-electron chi connectivity index (χ3n) is 9.55. The zero-order valence-corrected chi connectivity index (χ0v) is 38.8. The van der Waals surface area contributed by atoms with Gasteiger partial charge in [0, 0.05) is 39.8 Å². The van der Waals surface area contributed by atoms with Crippen molar-refractivity contribution >= 4 is 0 Å². The van der Waals surface area contributed by atoms with E-state index in [-0.39, 0.29) is 55.0 Å². The van der Waals surface area contributed by atoms with Gasteiger partial charge in [-0.3, -0.25) is 0 Å². The van der Waals surface area contributed by atoms with Crippen LogP contribution in [0.1, 0.15) is 119 Å². The SMILES string of the molecule is C.C.CCC.CO.COc1c(C)cc(C)c(C)c1C.COc1c(C)cc(C)cc1C.Cc1cc(-c2cc(C)c(C)c(C)c2C)c(C)c(C)c1C.[CH3-].[Y]. The molecule has 0 aromatic heterocycles. The second-order valence-electron chi connectivity index (χ2n) is 13.2. The number of benzene rings is 4. The van der Waals surface area contributed by atoms with Gasteiger partial charge in [0.2, 0.25) is 0 Å². The molecule has 0 atom stereocenters. The number of aryl methyl sites for hydroxylation is 7. The third kappa shape index (κ3) is 15.5. The molecule has 4 rings (SSSR count). The van der Waals surface area contributed by atoms with Crippen molar-refractivity contribution in [1.29, 1.82) is 0 Å². The molecule has 4 aromatic rings. The molecule has 0 bridgehead atoms. The molecule has 0 aliphatic carbocycles. The molecule has 1 radical (unpaired) electrons. The van der Waals surface area contributed by atoms with Crippen LogP contribution in [-0.4, -0.2) is 26.4 Å². The van der Waals surface area contributed by atoms with Gasteiger partial charge >= 0.3 is 0 Å². The summed E-state index contributed by atoms with van der Waals surface area (Å²) in [6, 6.07) is 11.1. The number of hydrogen-bond acceptors (Lipinski definition) is 3. The van der Waals surface area contributed by atoms with Gasteiger partial charge < -0.3 is 22.0 Å². The minimum absolute atomic E-state index is 0. The van der Waals surface area contributed by atoms with Crippen LogP contribution in [0.5, 0.6) is 11.5 Å². The van der Waals surface area contributed by atoms with Crippen LogP contribution in [0.2, 0.25) is 0 Å². The Kier molecular flexibility index (Phi) is 31.7. The average molecular weight is 793 g/mol. The van der Waals surface area contributed by atoms with Gasteiger partial charge in [0.05, 0.1) is 14.2 Å². The first-order valence-corrected chi connectivity index (χ1v) is 17.2. The molecule has 0 saturated carbocycles. The number of ether oxygens (including phenoxy) is 2. The Bertz CT molecular complexity index is 1560. The van der Waals surface area contributed by atoms with Crippen molar-refractivity contribution in [3.8, 4) is 22.6 Å². The fraction of sp³-hybridized carbons (Fsp3) is 0.479. The molecule has 0 heterocycles. The standard InChI is InChI=1S/C20H26.C11H16O.C10H14O.C3H8.CH4O.2CH4.CH3.Y/c1-11-9-19(17(7)15(5)13(11)3)20-10-12(2)14(4)16(6)18(20)8;1-7-6-8(2)11(12-5)10(4)9(7)3;1-7-5-8(2)10(11-4)9(3)6-7;1-3-2;1-2;;;;/h9-10H,1-8H3;6H,1-5H3;5-6H,1-4H3;3H2,1-2H3;2H,1H3;2*1H4;1H3;/q;;;;;;;-1;. The summed E-state index contributed by atoms with van der Waals surface area (Å²) < 4.78 is 10.5. The molecule has 3 nitrogen and oxygen atoms in total. The topological polar surface area (TPSA) is 38.7 Å². The van der Waals surface area contributed by atoms with Crippen LogP contribution < -0.4 is 9.47 Å². The van der Waals surface area contributed by atoms with Crippen molar-refractivity contribution in [2.75, 3.05) is 21.3 Å². The van der Waals surface area contributed by atoms with E-state index in [1.54, 1.807) is 14.2 Å². The van der Waals surface area contributed by atoms with E-state index < -0.39 is 0 Å². The van der Waals surface area contributed by atoms with E-state index in [0.29, 0.717) is 0 Å². The first kappa shape index (κ1) is 58.8. The van der Waals surface area contributed by atoms with Crippen LogP contribution in [-0.2, 0) is 32.7 Å². The fourth-order valence-electron chi connectivity index (χ4n) is 6.05. The summed E-state index contributed by atoms with van der Waals surface area (Å²) in [7, 11) is 4.44. The predicted molar refractivity (Wildman–Crippen MR) is 233 cm³/mol. The smallest absolute Gasteiger partial charge is 0.124 e. The summed E-state index contributed by atoms with van der Waals surface area (Å²) >= 11 is 0. The first-order valence-electron chi connectivity index (χ1n) is 17.2. The van der Waals surface area contributed by atoms with E-state index in [9.17, 15) is 0 Å². The van der Waals surface area contributed by atoms with Gasteiger partial charge in [-0.2, -0.15) is 0 Å². The largest absolute Gasteiger partial charge is 0.496 e. The maximum absolute atomic E-state index is 7.00. The second kappa shape index (κ2) is 28.1. The maximum Gasteiger partial charge on any atom is 0.124 e. The van der Waals surface area contributed by atoms with Crippen LogP contribution in [0.4, 0.5) is 0 Å². The molecular formula is C48H79O3Y-. The third-order valence-corrected chi connectivity index (χ3v) is 9.55. The molecule has 4 aromatic carbocycles. The Morgan fingerprint density at radius 2 is 0.673 bits per heavy atom. The maximum atomic E-state index is 7.00. The monoisotopic (exact) mass is 793 g/mol. The quantitative estimate of drug-likeness (QED) is 0.210. The molecule has 52 heavy (non-hydrogen) atoms. The molecule has 4 heteroatoms. The van der Waals surface area contributed by atoms with Gasteiger partial charge in [-0.15, -0.1) is 0 Å². The molecule has 0 aliphatic rings. The number of rotatable bonds is 3. The van der Waals surface area contributed by atoms with Crippen molar-refractivity contribution in [2.24, 2.45) is 0 Å². The molecular weight excluding hydrogens is 713 g/mol. The van der Waals surface area contributed by atoms with Crippen LogP contribution in [0.25, 0.3) is 11.1 Å². The predicted octanol–water partition coefficient (Wildman–Crippen LogP) is 14.1. The molecule has 0 unspecified atom stereocenters. The Morgan fingerprint density at radius 1 is 0.404 bits per heavy atom. The Labute approximate surface area is 349 Å². The molecule has 0 aliphatic heterocycles. The first-order chi connectivity index (χ1) is 22.4. The zero-order valence-electron chi connectivity index (χ0n) is 35.9. The summed E-state index contributed by atoms with van der Waals surface area (Å²) in [5.74, 6) is 2.04. The van der Waals surface area contributed by atoms with E-state index in [1.807, 2.05) is 0 Å². The Hall–Kier alpha value is -2.46. The van der Waals surface area contributed by atoms with Crippen LogP contribution >= 0.6 is 0 Å². The van der Waals surface area contributed by atoms with Crippen molar-refractivity contribution in [3.05, 3.63) is 121 Å². The van der Waals surface area contributed by atoms with Crippen LogP contribution in [0.3, 0.4) is 0 Å². The molecule has 0 amide bonds. The summed E-state index contributed by atoms with van der Waals surface area (Å²) in [6.07, 6.45) is 1.25. The fourth-order valence-corrected chi connectivity index (χ4v) is 6.05. The van der Waals surface area contributed by atoms with Crippen molar-refractivity contribution in [3.63, 3.8) is 0 Å². The second-order valence-corrected chi connectivity index (χ2v) is 13.2. The average Bonchev–Trinajstić information content (AvgIpc) is 3.03. The van der Waals surface area contributed by atoms with Gasteiger partial charge in [-0.25, -0.2) is 0 Å². The van der Waals surface area contributed by atoms with Crippen molar-refractivity contribution in [2.45, 2.75) is 139 Å². The van der Waals surface area contributed by atoms with Gasteiger partial charge in [0.1, 0.15) is 11.5 Å².